The maximum Gasteiger partial charge on any atom is 0.404 e. The first-order valence-electron chi connectivity index (χ1n) is 3.91. The number of carbonyl (C=O) groups excluding carboxylic acids is 1. The second kappa shape index (κ2) is 6.59. The van der Waals surface area contributed by atoms with Gasteiger partial charge in [0.2, 0.25) is 5.91 Å². The van der Waals surface area contributed by atoms with E-state index in [9.17, 15) is 9.59 Å². The molecule has 3 N–H and O–H groups in total. The van der Waals surface area contributed by atoms with Gasteiger partial charge in [-0.1, -0.05) is 0 Å². The summed E-state index contributed by atoms with van der Waals surface area (Å²) in [6, 6.07) is 0. The molecule has 0 aromatic rings. The van der Waals surface area contributed by atoms with Crippen molar-refractivity contribution >= 4 is 24.6 Å². The number of hydrogen-bond acceptors (Lipinski definition) is 3. The van der Waals surface area contributed by atoms with E-state index >= 15 is 0 Å². The molecule has 0 radical (unpaired) electrons. The number of carbonyl (C=O) groups is 2. The average Bonchev–Trinajstić information content (AvgIpc) is 2.00. The fourth-order valence-corrected chi connectivity index (χ4v) is 0.942. The first kappa shape index (κ1) is 12.1. The number of thiol groups is 1. The predicted molar refractivity (Wildman–Crippen MR) is 52.1 cm³/mol. The van der Waals surface area contributed by atoms with Crippen LogP contribution in [0.25, 0.3) is 0 Å². The molecule has 0 saturated carbocycles. The van der Waals surface area contributed by atoms with Gasteiger partial charge in [0.05, 0.1) is 0 Å². The lowest BCUT2D eigenvalue weighted by Gasteiger charge is -2.09. The maximum atomic E-state index is 10.4. The highest BCUT2D eigenvalue weighted by molar-refractivity contribution is 7.81. The molecule has 0 bridgehead atoms. The van der Waals surface area contributed by atoms with Gasteiger partial charge >= 0.3 is 6.09 Å². The third-order valence-electron chi connectivity index (χ3n) is 1.34. The van der Waals surface area contributed by atoms with Crippen LogP contribution in [0.5, 0.6) is 0 Å². The minimum atomic E-state index is -1.06. The normalized spacial score (nSPS) is 11.8. The second-order valence-electron chi connectivity index (χ2n) is 2.61. The Bertz CT molecular complexity index is 187. The smallest absolute Gasteiger partial charge is 0.404 e. The lowest BCUT2D eigenvalue weighted by Crippen LogP contribution is -2.31. The quantitative estimate of drug-likeness (QED) is 0.481. The summed E-state index contributed by atoms with van der Waals surface area (Å²) >= 11 is 4.13. The van der Waals surface area contributed by atoms with E-state index in [4.69, 9.17) is 5.11 Å². The Morgan fingerprint density at radius 1 is 1.46 bits per heavy atom. The van der Waals surface area contributed by atoms with Gasteiger partial charge < -0.3 is 15.7 Å². The summed E-state index contributed by atoms with van der Waals surface area (Å²) in [4.78, 5) is 20.5. The van der Waals surface area contributed by atoms with Crippen LogP contribution in [-0.4, -0.2) is 35.4 Å². The Balaban J connectivity index is 3.35. The van der Waals surface area contributed by atoms with E-state index in [1.807, 2.05) is 0 Å². The van der Waals surface area contributed by atoms with Crippen LogP contribution in [0.15, 0.2) is 0 Å². The van der Waals surface area contributed by atoms with Crippen LogP contribution >= 0.6 is 12.6 Å². The molecule has 0 aromatic carbocycles. The van der Waals surface area contributed by atoms with Crippen molar-refractivity contribution in [3.63, 3.8) is 0 Å². The largest absolute Gasteiger partial charge is 0.465 e. The fourth-order valence-electron chi connectivity index (χ4n) is 0.722. The molecule has 0 aliphatic rings. The zero-order valence-electron chi connectivity index (χ0n) is 7.41. The zero-order chi connectivity index (χ0) is 10.3. The van der Waals surface area contributed by atoms with Crippen LogP contribution in [-0.2, 0) is 4.79 Å². The summed E-state index contributed by atoms with van der Waals surface area (Å²) in [5.41, 5.74) is 0. The van der Waals surface area contributed by atoms with E-state index in [1.54, 1.807) is 0 Å². The molecule has 0 rings (SSSR count). The highest BCUT2D eigenvalue weighted by Crippen LogP contribution is 1.97. The molecule has 0 fully saturated rings. The van der Waals surface area contributed by atoms with Gasteiger partial charge in [0.1, 0.15) is 0 Å². The Kier molecular flexibility index (Phi) is 6.13. The van der Waals surface area contributed by atoms with Crippen LogP contribution < -0.4 is 10.6 Å². The lowest BCUT2D eigenvalue weighted by atomic mass is 10.3. The first-order valence-corrected chi connectivity index (χ1v) is 4.43. The van der Waals surface area contributed by atoms with Gasteiger partial charge in [-0.25, -0.2) is 4.79 Å². The Labute approximate surface area is 82.3 Å². The predicted octanol–water partition coefficient (Wildman–Crippen LogP) is 0.0786. The maximum absolute atomic E-state index is 10.4. The molecule has 0 aliphatic heterocycles. The van der Waals surface area contributed by atoms with Crippen molar-refractivity contribution < 1.29 is 14.7 Å². The molecule has 6 heteroatoms. The first-order chi connectivity index (χ1) is 6.02. The second-order valence-corrected chi connectivity index (χ2v) is 3.34. The summed E-state index contributed by atoms with van der Waals surface area (Å²) in [5, 5.41) is 13.0. The SMILES string of the molecule is CC(=O)NCCC(S)CNC(=O)O. The zero-order valence-corrected chi connectivity index (χ0v) is 8.30. The number of hydrogen-bond donors (Lipinski definition) is 4. The molecular formula is C7H14N2O3S. The Morgan fingerprint density at radius 2 is 2.08 bits per heavy atom. The van der Waals surface area contributed by atoms with E-state index in [0.29, 0.717) is 13.0 Å². The highest BCUT2D eigenvalue weighted by Gasteiger charge is 2.04. The Hall–Kier alpha value is -0.910. The van der Waals surface area contributed by atoms with Crippen molar-refractivity contribution in [2.45, 2.75) is 18.6 Å². The number of amides is 2. The van der Waals surface area contributed by atoms with Crippen LogP contribution in [0.3, 0.4) is 0 Å². The van der Waals surface area contributed by atoms with Crippen molar-refractivity contribution in [1.29, 1.82) is 0 Å². The molecule has 2 amide bonds. The minimum absolute atomic E-state index is 0.0667. The summed E-state index contributed by atoms with van der Waals surface area (Å²) in [7, 11) is 0. The molecule has 0 spiro atoms. The molecule has 5 nitrogen and oxygen atoms in total. The molecule has 0 aliphatic carbocycles. The van der Waals surface area contributed by atoms with E-state index in [-0.39, 0.29) is 17.7 Å². The molecule has 76 valence electrons. The van der Waals surface area contributed by atoms with Gasteiger partial charge in [-0.15, -0.1) is 0 Å². The molecular weight excluding hydrogens is 192 g/mol. The number of nitrogens with one attached hydrogen (secondary N) is 2. The Morgan fingerprint density at radius 3 is 2.54 bits per heavy atom. The molecule has 13 heavy (non-hydrogen) atoms. The summed E-state index contributed by atoms with van der Waals surface area (Å²) in [5.74, 6) is -0.0910. The molecule has 0 saturated heterocycles. The van der Waals surface area contributed by atoms with Crippen LogP contribution in [0.2, 0.25) is 0 Å². The van der Waals surface area contributed by atoms with E-state index in [1.165, 1.54) is 6.92 Å². The topological polar surface area (TPSA) is 78.4 Å². The summed E-state index contributed by atoms with van der Waals surface area (Å²) < 4.78 is 0. The standard InChI is InChI=1S/C7H14N2O3S/c1-5(10)8-3-2-6(13)4-9-7(11)12/h6,9,13H,2-4H2,1H3,(H,8,10)(H,11,12). The summed E-state index contributed by atoms with van der Waals surface area (Å²) in [6.07, 6.45) is -0.415. The van der Waals surface area contributed by atoms with E-state index in [0.717, 1.165) is 0 Å². The number of carboxylic acid groups (broad SMARTS) is 1. The average molecular weight is 206 g/mol. The van der Waals surface area contributed by atoms with Crippen molar-refractivity contribution in [2.75, 3.05) is 13.1 Å². The van der Waals surface area contributed by atoms with Gasteiger partial charge in [0, 0.05) is 25.3 Å². The summed E-state index contributed by atoms with van der Waals surface area (Å²) in [6.45, 7) is 2.24. The van der Waals surface area contributed by atoms with E-state index < -0.39 is 6.09 Å². The van der Waals surface area contributed by atoms with Crippen molar-refractivity contribution in [3.05, 3.63) is 0 Å². The monoisotopic (exact) mass is 206 g/mol. The van der Waals surface area contributed by atoms with Gasteiger partial charge in [-0.3, -0.25) is 4.79 Å². The molecule has 1 unspecified atom stereocenters. The van der Waals surface area contributed by atoms with Crippen LogP contribution in [0.1, 0.15) is 13.3 Å². The van der Waals surface area contributed by atoms with Gasteiger partial charge in [0.25, 0.3) is 0 Å². The van der Waals surface area contributed by atoms with Crippen molar-refractivity contribution in [1.82, 2.24) is 10.6 Å². The van der Waals surface area contributed by atoms with Crippen LogP contribution in [0, 0.1) is 0 Å². The molecule has 0 heterocycles. The number of rotatable bonds is 5. The third kappa shape index (κ3) is 9.00. The van der Waals surface area contributed by atoms with Gasteiger partial charge in [-0.05, 0) is 6.42 Å². The van der Waals surface area contributed by atoms with Crippen LogP contribution in [0.4, 0.5) is 4.79 Å². The molecule has 0 aromatic heterocycles. The molecule has 1 atom stereocenters. The highest BCUT2D eigenvalue weighted by atomic mass is 32.1. The lowest BCUT2D eigenvalue weighted by molar-refractivity contribution is -0.118. The van der Waals surface area contributed by atoms with E-state index in [2.05, 4.69) is 23.3 Å². The minimum Gasteiger partial charge on any atom is -0.465 e. The van der Waals surface area contributed by atoms with Gasteiger partial charge in [-0.2, -0.15) is 12.6 Å². The van der Waals surface area contributed by atoms with Crippen molar-refractivity contribution in [3.8, 4) is 0 Å². The third-order valence-corrected chi connectivity index (χ3v) is 1.78. The fraction of sp³-hybridized carbons (Fsp3) is 0.714. The van der Waals surface area contributed by atoms with Crippen molar-refractivity contribution in [2.24, 2.45) is 0 Å². The van der Waals surface area contributed by atoms with Gasteiger partial charge in [0.15, 0.2) is 0 Å².